The molecule has 27 heavy (non-hydrogen) atoms. The van der Waals surface area contributed by atoms with E-state index in [0.717, 1.165) is 43.3 Å². The summed E-state index contributed by atoms with van der Waals surface area (Å²) in [6, 6.07) is 6.67. The highest BCUT2D eigenvalue weighted by molar-refractivity contribution is 5.79. The lowest BCUT2D eigenvalue weighted by molar-refractivity contribution is -0.139. The Bertz CT molecular complexity index is 816. The minimum atomic E-state index is 0.193. The second-order valence-corrected chi connectivity index (χ2v) is 8.46. The van der Waals surface area contributed by atoms with E-state index in [1.165, 1.54) is 38.5 Å². The van der Waals surface area contributed by atoms with Crippen LogP contribution in [0.25, 0.3) is 5.65 Å². The Morgan fingerprint density at radius 3 is 2.81 bits per heavy atom. The summed E-state index contributed by atoms with van der Waals surface area (Å²) in [5, 5.41) is 8.77. The van der Waals surface area contributed by atoms with Gasteiger partial charge in [-0.1, -0.05) is 18.9 Å². The summed E-state index contributed by atoms with van der Waals surface area (Å²) in [7, 11) is 0. The van der Waals surface area contributed by atoms with Crippen molar-refractivity contribution in [2.75, 3.05) is 19.6 Å². The third-order valence-electron chi connectivity index (χ3n) is 6.90. The van der Waals surface area contributed by atoms with E-state index in [9.17, 15) is 4.79 Å². The molecule has 3 aliphatic rings. The summed E-state index contributed by atoms with van der Waals surface area (Å²) in [4.78, 5) is 17.8. The van der Waals surface area contributed by atoms with Gasteiger partial charge in [-0.05, 0) is 63.1 Å². The van der Waals surface area contributed by atoms with Crippen molar-refractivity contribution in [3.63, 3.8) is 0 Å². The molecule has 1 amide bonds. The molecular weight excluding hydrogens is 338 g/mol. The fourth-order valence-electron chi connectivity index (χ4n) is 5.59. The summed E-state index contributed by atoms with van der Waals surface area (Å²) in [6.45, 7) is 2.45. The van der Waals surface area contributed by atoms with Gasteiger partial charge in [0.05, 0.1) is 12.6 Å². The van der Waals surface area contributed by atoms with E-state index in [1.807, 2.05) is 24.4 Å². The van der Waals surface area contributed by atoms with Gasteiger partial charge in [-0.3, -0.25) is 14.1 Å². The largest absolute Gasteiger partial charge is 0.338 e. The Kier molecular flexibility index (Phi) is 4.60. The predicted molar refractivity (Wildman–Crippen MR) is 103 cm³/mol. The number of hydrogen-bond donors (Lipinski definition) is 0. The van der Waals surface area contributed by atoms with Crippen LogP contribution in [0.2, 0.25) is 0 Å². The molecule has 4 heterocycles. The smallest absolute Gasteiger partial charge is 0.237 e. The molecule has 2 aromatic heterocycles. The number of fused-ring (bicyclic) bond motifs is 2. The third kappa shape index (κ3) is 3.14. The SMILES string of the molecule is O=C(CN1CCC[C@@H]1c1nnc2ccccn12)N1CCC[C@@H]2CCCC[C@@H]21. The fourth-order valence-corrected chi connectivity index (χ4v) is 5.59. The van der Waals surface area contributed by atoms with Crippen LogP contribution in [0.4, 0.5) is 0 Å². The molecule has 6 heteroatoms. The lowest BCUT2D eigenvalue weighted by Crippen LogP contribution is -2.52. The number of piperidine rings is 1. The summed E-state index contributed by atoms with van der Waals surface area (Å²) >= 11 is 0. The van der Waals surface area contributed by atoms with Gasteiger partial charge in [-0.15, -0.1) is 10.2 Å². The normalized spacial score (nSPS) is 29.2. The molecule has 2 aromatic rings. The van der Waals surface area contributed by atoms with Crippen LogP contribution in [-0.2, 0) is 4.79 Å². The molecule has 2 saturated heterocycles. The number of carbonyl (C=O) groups is 1. The number of likely N-dealkylation sites (tertiary alicyclic amines) is 2. The van der Waals surface area contributed by atoms with Crippen LogP contribution >= 0.6 is 0 Å². The molecule has 1 saturated carbocycles. The van der Waals surface area contributed by atoms with Crippen molar-refractivity contribution >= 4 is 11.6 Å². The highest BCUT2D eigenvalue weighted by atomic mass is 16.2. The predicted octanol–water partition coefficient (Wildman–Crippen LogP) is 3.05. The van der Waals surface area contributed by atoms with Crippen molar-refractivity contribution in [3.05, 3.63) is 30.2 Å². The van der Waals surface area contributed by atoms with Gasteiger partial charge in [0.2, 0.25) is 5.91 Å². The van der Waals surface area contributed by atoms with Crippen molar-refractivity contribution in [1.82, 2.24) is 24.4 Å². The van der Waals surface area contributed by atoms with E-state index in [-0.39, 0.29) is 6.04 Å². The quantitative estimate of drug-likeness (QED) is 0.837. The molecule has 3 atom stereocenters. The number of pyridine rings is 1. The second kappa shape index (κ2) is 7.23. The summed E-state index contributed by atoms with van der Waals surface area (Å²) in [5.74, 6) is 2.05. The van der Waals surface area contributed by atoms with Crippen LogP contribution in [0.5, 0.6) is 0 Å². The van der Waals surface area contributed by atoms with Crippen molar-refractivity contribution in [3.8, 4) is 0 Å². The molecule has 0 N–H and O–H groups in total. The minimum absolute atomic E-state index is 0.193. The number of amides is 1. The van der Waals surface area contributed by atoms with E-state index in [4.69, 9.17) is 0 Å². The van der Waals surface area contributed by atoms with Crippen molar-refractivity contribution in [2.24, 2.45) is 5.92 Å². The topological polar surface area (TPSA) is 53.7 Å². The molecule has 0 radical (unpaired) electrons. The van der Waals surface area contributed by atoms with Crippen LogP contribution in [0.1, 0.15) is 63.2 Å². The molecule has 0 spiro atoms. The number of hydrogen-bond acceptors (Lipinski definition) is 4. The van der Waals surface area contributed by atoms with Crippen molar-refractivity contribution < 1.29 is 4.79 Å². The molecule has 0 unspecified atom stereocenters. The Labute approximate surface area is 160 Å². The van der Waals surface area contributed by atoms with Crippen LogP contribution in [0.15, 0.2) is 24.4 Å². The highest BCUT2D eigenvalue weighted by Gasteiger charge is 2.38. The van der Waals surface area contributed by atoms with Crippen molar-refractivity contribution in [1.29, 1.82) is 0 Å². The third-order valence-corrected chi connectivity index (χ3v) is 6.90. The lowest BCUT2D eigenvalue weighted by atomic mass is 9.78. The Balaban J connectivity index is 1.33. The van der Waals surface area contributed by atoms with Gasteiger partial charge in [0.25, 0.3) is 0 Å². The molecule has 5 rings (SSSR count). The van der Waals surface area contributed by atoms with E-state index in [2.05, 4.69) is 24.4 Å². The number of nitrogens with zero attached hydrogens (tertiary/aromatic N) is 5. The molecule has 144 valence electrons. The standard InChI is InChI=1S/C21H29N5O/c27-20(25-14-5-8-16-7-1-2-9-17(16)25)15-24-12-6-10-18(24)21-23-22-19-11-3-4-13-26(19)21/h3-4,11,13,16-18H,1-2,5-10,12,14-15H2/t16-,17-,18+/m0/s1. The first-order valence-corrected chi connectivity index (χ1v) is 10.6. The first-order chi connectivity index (χ1) is 13.3. The molecule has 0 bridgehead atoms. The van der Waals surface area contributed by atoms with E-state index in [1.54, 1.807) is 0 Å². The molecule has 6 nitrogen and oxygen atoms in total. The van der Waals surface area contributed by atoms with Crippen LogP contribution in [0, 0.1) is 5.92 Å². The van der Waals surface area contributed by atoms with Gasteiger partial charge >= 0.3 is 0 Å². The van der Waals surface area contributed by atoms with Gasteiger partial charge < -0.3 is 4.90 Å². The Hall–Kier alpha value is -1.95. The lowest BCUT2D eigenvalue weighted by Gasteiger charge is -2.44. The van der Waals surface area contributed by atoms with Gasteiger partial charge in [0.1, 0.15) is 0 Å². The first kappa shape index (κ1) is 17.2. The molecular formula is C21H29N5O. The minimum Gasteiger partial charge on any atom is -0.338 e. The zero-order chi connectivity index (χ0) is 18.2. The van der Waals surface area contributed by atoms with E-state index in [0.29, 0.717) is 18.5 Å². The van der Waals surface area contributed by atoms with Gasteiger partial charge in [-0.2, -0.15) is 0 Å². The van der Waals surface area contributed by atoms with Crippen LogP contribution in [0.3, 0.4) is 0 Å². The second-order valence-electron chi connectivity index (χ2n) is 8.46. The Morgan fingerprint density at radius 1 is 1.00 bits per heavy atom. The molecule has 0 aromatic carbocycles. The van der Waals surface area contributed by atoms with Crippen LogP contribution in [-0.4, -0.2) is 56.0 Å². The average molecular weight is 367 g/mol. The summed E-state index contributed by atoms with van der Waals surface area (Å²) in [6.07, 6.45) is 11.8. The van der Waals surface area contributed by atoms with Gasteiger partial charge in [0, 0.05) is 18.8 Å². The average Bonchev–Trinajstić information content (AvgIpc) is 3.34. The first-order valence-electron chi connectivity index (χ1n) is 10.6. The zero-order valence-corrected chi connectivity index (χ0v) is 16.0. The monoisotopic (exact) mass is 367 g/mol. The number of rotatable bonds is 3. The Morgan fingerprint density at radius 2 is 1.85 bits per heavy atom. The highest BCUT2D eigenvalue weighted by Crippen LogP contribution is 2.36. The summed E-state index contributed by atoms with van der Waals surface area (Å²) < 4.78 is 2.07. The van der Waals surface area contributed by atoms with Gasteiger partial charge in [-0.25, -0.2) is 0 Å². The van der Waals surface area contributed by atoms with Gasteiger partial charge in [0.15, 0.2) is 11.5 Å². The maximum Gasteiger partial charge on any atom is 0.237 e. The summed E-state index contributed by atoms with van der Waals surface area (Å²) in [5.41, 5.74) is 0.881. The fraction of sp³-hybridized carbons (Fsp3) is 0.667. The maximum atomic E-state index is 13.2. The van der Waals surface area contributed by atoms with Crippen molar-refractivity contribution in [2.45, 2.75) is 63.5 Å². The molecule has 3 fully saturated rings. The number of carbonyl (C=O) groups excluding carboxylic acids is 1. The molecule has 2 aliphatic heterocycles. The van der Waals surface area contributed by atoms with E-state index >= 15 is 0 Å². The molecule has 1 aliphatic carbocycles. The number of aromatic nitrogens is 3. The van der Waals surface area contributed by atoms with E-state index < -0.39 is 0 Å². The maximum absolute atomic E-state index is 13.2. The zero-order valence-electron chi connectivity index (χ0n) is 16.0. The van der Waals surface area contributed by atoms with Crippen LogP contribution < -0.4 is 0 Å².